The van der Waals surface area contributed by atoms with Gasteiger partial charge in [0.15, 0.2) is 6.10 Å². The SMILES string of the molecule is O=C(NCC(c1cccs1)N1CCOCC1)C1Cc2cc(Cl)ccc2O1. The second-order valence-electron chi connectivity index (χ2n) is 6.49. The zero-order chi connectivity index (χ0) is 17.9. The van der Waals surface area contributed by atoms with Gasteiger partial charge in [-0.15, -0.1) is 11.3 Å². The summed E-state index contributed by atoms with van der Waals surface area (Å²) in [7, 11) is 0. The number of amides is 1. The van der Waals surface area contributed by atoms with Crippen molar-refractivity contribution in [2.45, 2.75) is 18.6 Å². The highest BCUT2D eigenvalue weighted by Crippen LogP contribution is 2.31. The van der Waals surface area contributed by atoms with Gasteiger partial charge in [-0.2, -0.15) is 0 Å². The Morgan fingerprint density at radius 2 is 2.19 bits per heavy atom. The first-order chi connectivity index (χ1) is 12.7. The monoisotopic (exact) mass is 392 g/mol. The Bertz CT molecular complexity index is 762. The Hall–Kier alpha value is -1.60. The Morgan fingerprint density at radius 1 is 1.35 bits per heavy atom. The Labute approximate surface area is 161 Å². The molecule has 1 fully saturated rings. The number of halogens is 1. The molecule has 2 aliphatic heterocycles. The van der Waals surface area contributed by atoms with Crippen LogP contribution in [0, 0.1) is 0 Å². The van der Waals surface area contributed by atoms with Crippen molar-refractivity contribution in [3.8, 4) is 5.75 Å². The van der Waals surface area contributed by atoms with Gasteiger partial charge in [-0.25, -0.2) is 0 Å². The maximum absolute atomic E-state index is 12.6. The predicted molar refractivity (Wildman–Crippen MR) is 102 cm³/mol. The second-order valence-corrected chi connectivity index (χ2v) is 7.90. The third kappa shape index (κ3) is 3.88. The number of hydrogen-bond donors (Lipinski definition) is 1. The molecule has 0 spiro atoms. The summed E-state index contributed by atoms with van der Waals surface area (Å²) in [6.07, 6.45) is 0.0697. The van der Waals surface area contributed by atoms with Crippen molar-refractivity contribution >= 4 is 28.8 Å². The van der Waals surface area contributed by atoms with Crippen molar-refractivity contribution in [3.05, 3.63) is 51.2 Å². The largest absolute Gasteiger partial charge is 0.480 e. The van der Waals surface area contributed by atoms with E-state index in [1.54, 1.807) is 17.4 Å². The highest BCUT2D eigenvalue weighted by Gasteiger charge is 2.31. The lowest BCUT2D eigenvalue weighted by Crippen LogP contribution is -2.46. The van der Waals surface area contributed by atoms with E-state index in [9.17, 15) is 4.79 Å². The van der Waals surface area contributed by atoms with E-state index in [4.69, 9.17) is 21.1 Å². The van der Waals surface area contributed by atoms with Crippen molar-refractivity contribution in [1.29, 1.82) is 0 Å². The Balaban J connectivity index is 1.39. The van der Waals surface area contributed by atoms with Crippen molar-refractivity contribution in [1.82, 2.24) is 10.2 Å². The molecular formula is C19H21ClN2O3S. The summed E-state index contributed by atoms with van der Waals surface area (Å²) in [4.78, 5) is 16.3. The summed E-state index contributed by atoms with van der Waals surface area (Å²) in [5, 5.41) is 5.83. The lowest BCUT2D eigenvalue weighted by Gasteiger charge is -2.34. The fourth-order valence-corrected chi connectivity index (χ4v) is 4.51. The van der Waals surface area contributed by atoms with Crippen molar-refractivity contribution in [3.63, 3.8) is 0 Å². The first-order valence-electron chi connectivity index (χ1n) is 8.79. The molecular weight excluding hydrogens is 372 g/mol. The minimum absolute atomic E-state index is 0.0767. The standard InChI is InChI=1S/C19H21ClN2O3S/c20-14-3-4-16-13(10-14)11-17(25-16)19(23)21-12-15(18-2-1-9-26-18)22-5-7-24-8-6-22/h1-4,9-10,15,17H,5-8,11-12H2,(H,21,23). The zero-order valence-electron chi connectivity index (χ0n) is 14.3. The summed E-state index contributed by atoms with van der Waals surface area (Å²) < 4.78 is 11.3. The zero-order valence-corrected chi connectivity index (χ0v) is 15.9. The number of morpholine rings is 1. The van der Waals surface area contributed by atoms with Crippen LogP contribution >= 0.6 is 22.9 Å². The molecule has 138 valence electrons. The van der Waals surface area contributed by atoms with Gasteiger partial charge in [-0.1, -0.05) is 17.7 Å². The first kappa shape index (κ1) is 17.8. The van der Waals surface area contributed by atoms with Gasteiger partial charge in [0.2, 0.25) is 0 Å². The lowest BCUT2D eigenvalue weighted by atomic mass is 10.1. The topological polar surface area (TPSA) is 50.8 Å². The molecule has 0 saturated carbocycles. The average Bonchev–Trinajstić information content (AvgIpc) is 3.32. The van der Waals surface area contributed by atoms with E-state index >= 15 is 0 Å². The predicted octanol–water partition coefficient (Wildman–Crippen LogP) is 2.89. The van der Waals surface area contributed by atoms with Gasteiger partial charge >= 0.3 is 0 Å². The maximum atomic E-state index is 12.6. The molecule has 1 aromatic carbocycles. The van der Waals surface area contributed by atoms with Gasteiger partial charge < -0.3 is 14.8 Å². The molecule has 26 heavy (non-hydrogen) atoms. The summed E-state index contributed by atoms with van der Waals surface area (Å²) in [5.41, 5.74) is 0.987. The molecule has 7 heteroatoms. The van der Waals surface area contributed by atoms with Crippen LogP contribution in [0.4, 0.5) is 0 Å². The van der Waals surface area contributed by atoms with E-state index < -0.39 is 6.10 Å². The minimum atomic E-state index is -0.489. The molecule has 1 amide bonds. The van der Waals surface area contributed by atoms with Gasteiger partial charge in [0.1, 0.15) is 5.75 Å². The Kier molecular flexibility index (Phi) is 5.45. The summed E-state index contributed by atoms with van der Waals surface area (Å²) in [6, 6.07) is 9.82. The molecule has 2 aromatic rings. The summed E-state index contributed by atoms with van der Waals surface area (Å²) in [6.45, 7) is 3.79. The number of thiophene rings is 1. The van der Waals surface area contributed by atoms with Crippen LogP contribution in [-0.2, 0) is 16.0 Å². The lowest BCUT2D eigenvalue weighted by molar-refractivity contribution is -0.127. The number of carbonyl (C=O) groups is 1. The van der Waals surface area contributed by atoms with Crippen LogP contribution in [0.3, 0.4) is 0 Å². The molecule has 1 saturated heterocycles. The number of ether oxygens (including phenoxy) is 2. The third-order valence-electron chi connectivity index (χ3n) is 4.82. The van der Waals surface area contributed by atoms with Crippen molar-refractivity contribution in [2.75, 3.05) is 32.8 Å². The molecule has 5 nitrogen and oxygen atoms in total. The maximum Gasteiger partial charge on any atom is 0.261 e. The van der Waals surface area contributed by atoms with Crippen LogP contribution < -0.4 is 10.1 Å². The number of rotatable bonds is 5. The normalized spacial score (nSPS) is 21.0. The van der Waals surface area contributed by atoms with E-state index in [2.05, 4.69) is 27.7 Å². The number of hydrogen-bond acceptors (Lipinski definition) is 5. The van der Waals surface area contributed by atoms with Crippen LogP contribution in [0.2, 0.25) is 5.02 Å². The number of carbonyl (C=O) groups excluding carboxylic acids is 1. The molecule has 2 unspecified atom stereocenters. The molecule has 3 heterocycles. The van der Waals surface area contributed by atoms with Gasteiger partial charge in [-0.3, -0.25) is 9.69 Å². The van der Waals surface area contributed by atoms with Crippen LogP contribution in [0.5, 0.6) is 5.75 Å². The highest BCUT2D eigenvalue weighted by atomic mass is 35.5. The van der Waals surface area contributed by atoms with E-state index in [1.807, 2.05) is 12.1 Å². The van der Waals surface area contributed by atoms with E-state index in [-0.39, 0.29) is 11.9 Å². The van der Waals surface area contributed by atoms with Crippen LogP contribution in [0.25, 0.3) is 0 Å². The van der Waals surface area contributed by atoms with E-state index in [1.165, 1.54) is 4.88 Å². The number of nitrogens with one attached hydrogen (secondary N) is 1. The van der Waals surface area contributed by atoms with Crippen molar-refractivity contribution < 1.29 is 14.3 Å². The molecule has 0 bridgehead atoms. The minimum Gasteiger partial charge on any atom is -0.480 e. The number of fused-ring (bicyclic) bond motifs is 1. The molecule has 1 N–H and O–H groups in total. The van der Waals surface area contributed by atoms with Crippen LogP contribution in [0.1, 0.15) is 16.5 Å². The highest BCUT2D eigenvalue weighted by molar-refractivity contribution is 7.10. The fraction of sp³-hybridized carbons (Fsp3) is 0.421. The van der Waals surface area contributed by atoms with Gasteiger partial charge in [0.05, 0.1) is 19.3 Å². The van der Waals surface area contributed by atoms with Crippen LogP contribution in [-0.4, -0.2) is 49.8 Å². The molecule has 1 aromatic heterocycles. The first-order valence-corrected chi connectivity index (χ1v) is 10.0. The van der Waals surface area contributed by atoms with Crippen LogP contribution in [0.15, 0.2) is 35.7 Å². The molecule has 0 aliphatic carbocycles. The molecule has 2 aliphatic rings. The summed E-state index contributed by atoms with van der Waals surface area (Å²) in [5.74, 6) is 0.671. The smallest absolute Gasteiger partial charge is 0.261 e. The van der Waals surface area contributed by atoms with Gasteiger partial charge in [-0.05, 0) is 35.2 Å². The molecule has 0 radical (unpaired) electrons. The molecule has 2 atom stereocenters. The van der Waals surface area contributed by atoms with Gasteiger partial charge in [0, 0.05) is 36.0 Å². The number of benzene rings is 1. The van der Waals surface area contributed by atoms with Gasteiger partial charge in [0.25, 0.3) is 5.91 Å². The third-order valence-corrected chi connectivity index (χ3v) is 6.03. The van der Waals surface area contributed by atoms with E-state index in [0.717, 1.165) is 37.6 Å². The summed E-state index contributed by atoms with van der Waals surface area (Å²) >= 11 is 7.75. The van der Waals surface area contributed by atoms with E-state index in [0.29, 0.717) is 18.0 Å². The Morgan fingerprint density at radius 3 is 2.96 bits per heavy atom. The second kappa shape index (κ2) is 7.96. The fourth-order valence-electron chi connectivity index (χ4n) is 3.45. The van der Waals surface area contributed by atoms with Crippen molar-refractivity contribution in [2.24, 2.45) is 0 Å². The molecule has 4 rings (SSSR count). The average molecular weight is 393 g/mol. The number of nitrogens with zero attached hydrogens (tertiary/aromatic N) is 1. The quantitative estimate of drug-likeness (QED) is 0.850.